The number of hydrogen-bond acceptors (Lipinski definition) is 4. The number of nitrogens with two attached hydrogens (primary N) is 1. The molecule has 0 aliphatic carbocycles. The van der Waals surface area contributed by atoms with Crippen LogP contribution in [0, 0.1) is 5.92 Å². The van der Waals surface area contributed by atoms with Gasteiger partial charge in [0, 0.05) is 13.1 Å². The van der Waals surface area contributed by atoms with Crippen LogP contribution in [0.15, 0.2) is 21.6 Å². The second-order valence-electron chi connectivity index (χ2n) is 4.35. The third-order valence-electron chi connectivity index (χ3n) is 3.26. The van der Waals surface area contributed by atoms with E-state index in [0.717, 1.165) is 12.8 Å². The molecule has 1 aromatic heterocycles. The molecule has 0 aromatic carbocycles. The number of sulfonamides is 1. The molecule has 1 aromatic rings. The van der Waals surface area contributed by atoms with Crippen LogP contribution >= 0.6 is 0 Å². The molecule has 17 heavy (non-hydrogen) atoms. The maximum Gasteiger partial charge on any atom is 0.276 e. The van der Waals surface area contributed by atoms with Crippen molar-refractivity contribution < 1.29 is 12.8 Å². The minimum Gasteiger partial charge on any atom is -0.447 e. The lowest BCUT2D eigenvalue weighted by molar-refractivity contribution is 0.385. The Labute approximate surface area is 102 Å². The molecule has 2 rings (SSSR count). The highest BCUT2D eigenvalue weighted by Crippen LogP contribution is 2.26. The van der Waals surface area contributed by atoms with Crippen molar-refractivity contribution >= 4 is 10.0 Å². The van der Waals surface area contributed by atoms with E-state index in [0.29, 0.717) is 24.8 Å². The Balaban J connectivity index is 2.19. The Bertz CT molecular complexity index is 481. The van der Waals surface area contributed by atoms with E-state index in [-0.39, 0.29) is 11.6 Å². The predicted octanol–water partition coefficient (Wildman–Crippen LogP) is 1.16. The van der Waals surface area contributed by atoms with Crippen LogP contribution in [0.2, 0.25) is 0 Å². The molecule has 0 spiro atoms. The zero-order valence-electron chi connectivity index (χ0n) is 9.93. The van der Waals surface area contributed by atoms with Gasteiger partial charge in [0.25, 0.3) is 10.0 Å². The highest BCUT2D eigenvalue weighted by molar-refractivity contribution is 7.89. The summed E-state index contributed by atoms with van der Waals surface area (Å²) in [5, 5.41) is 0.00898. The Morgan fingerprint density at radius 1 is 1.53 bits per heavy atom. The topological polar surface area (TPSA) is 76.5 Å². The van der Waals surface area contributed by atoms with E-state index in [4.69, 9.17) is 10.2 Å². The van der Waals surface area contributed by atoms with Gasteiger partial charge >= 0.3 is 0 Å². The molecule has 1 unspecified atom stereocenters. The van der Waals surface area contributed by atoms with Gasteiger partial charge in [0.2, 0.25) is 5.09 Å². The van der Waals surface area contributed by atoms with Crippen LogP contribution in [0.25, 0.3) is 0 Å². The molecule has 0 saturated carbocycles. The van der Waals surface area contributed by atoms with E-state index < -0.39 is 10.0 Å². The first-order valence-corrected chi connectivity index (χ1v) is 7.31. The molecule has 0 amide bonds. The summed E-state index contributed by atoms with van der Waals surface area (Å²) in [6.07, 6.45) is 1.94. The third kappa shape index (κ3) is 2.38. The van der Waals surface area contributed by atoms with Crippen molar-refractivity contribution in [3.63, 3.8) is 0 Å². The summed E-state index contributed by atoms with van der Waals surface area (Å²) >= 11 is 0. The Kier molecular flexibility index (Phi) is 3.56. The van der Waals surface area contributed by atoms with Gasteiger partial charge in [-0.05, 0) is 24.5 Å². The second-order valence-corrected chi connectivity index (χ2v) is 6.22. The maximum absolute atomic E-state index is 12.2. The van der Waals surface area contributed by atoms with Gasteiger partial charge in [-0.25, -0.2) is 8.42 Å². The first-order chi connectivity index (χ1) is 8.07. The van der Waals surface area contributed by atoms with Crippen molar-refractivity contribution in [3.8, 4) is 0 Å². The summed E-state index contributed by atoms with van der Waals surface area (Å²) in [5.74, 6) is 0.962. The molecule has 1 aliphatic rings. The number of furan rings is 1. The van der Waals surface area contributed by atoms with Crippen molar-refractivity contribution in [2.45, 2.75) is 31.4 Å². The molecule has 96 valence electrons. The van der Waals surface area contributed by atoms with Gasteiger partial charge in [-0.2, -0.15) is 4.31 Å². The molecule has 6 heteroatoms. The van der Waals surface area contributed by atoms with E-state index in [9.17, 15) is 8.42 Å². The molecule has 2 N–H and O–H groups in total. The molecule has 2 heterocycles. The smallest absolute Gasteiger partial charge is 0.276 e. The van der Waals surface area contributed by atoms with Crippen molar-refractivity contribution in [1.29, 1.82) is 0 Å². The fourth-order valence-corrected chi connectivity index (χ4v) is 3.54. The summed E-state index contributed by atoms with van der Waals surface area (Å²) in [6, 6.07) is 3.09. The van der Waals surface area contributed by atoms with Crippen LogP contribution in [0.4, 0.5) is 0 Å². The molecule has 1 atom stereocenters. The maximum atomic E-state index is 12.2. The number of nitrogens with zero attached hydrogens (tertiary/aromatic N) is 1. The Hall–Kier alpha value is -0.850. The van der Waals surface area contributed by atoms with Gasteiger partial charge in [-0.15, -0.1) is 0 Å². The lowest BCUT2D eigenvalue weighted by Gasteiger charge is -2.14. The number of hydrogen-bond donors (Lipinski definition) is 1. The molecule has 1 fully saturated rings. The van der Waals surface area contributed by atoms with Gasteiger partial charge in [0.05, 0.1) is 6.54 Å². The van der Waals surface area contributed by atoms with Crippen LogP contribution in [-0.4, -0.2) is 25.8 Å². The Morgan fingerprint density at radius 2 is 2.29 bits per heavy atom. The van der Waals surface area contributed by atoms with Crippen molar-refractivity contribution in [3.05, 3.63) is 17.9 Å². The summed E-state index contributed by atoms with van der Waals surface area (Å²) in [7, 11) is -3.46. The van der Waals surface area contributed by atoms with Crippen molar-refractivity contribution in [1.82, 2.24) is 4.31 Å². The molecular weight excluding hydrogens is 240 g/mol. The molecule has 5 nitrogen and oxygen atoms in total. The average Bonchev–Trinajstić information content (AvgIpc) is 2.98. The van der Waals surface area contributed by atoms with Crippen LogP contribution in [0.3, 0.4) is 0 Å². The molecule has 1 aliphatic heterocycles. The van der Waals surface area contributed by atoms with E-state index in [1.54, 1.807) is 6.07 Å². The summed E-state index contributed by atoms with van der Waals surface area (Å²) in [4.78, 5) is 0. The molecule has 0 bridgehead atoms. The van der Waals surface area contributed by atoms with Gasteiger partial charge < -0.3 is 10.2 Å². The van der Waals surface area contributed by atoms with E-state index >= 15 is 0 Å². The zero-order chi connectivity index (χ0) is 12.5. The van der Waals surface area contributed by atoms with Crippen molar-refractivity contribution in [2.75, 3.05) is 13.1 Å². The normalized spacial score (nSPS) is 22.1. The summed E-state index contributed by atoms with van der Waals surface area (Å²) in [5.41, 5.74) is 5.40. The first-order valence-electron chi connectivity index (χ1n) is 5.87. The SMILES string of the molecule is CCC1CCN(S(=O)(=O)c2ccc(CN)o2)C1. The van der Waals surface area contributed by atoms with Crippen molar-refractivity contribution in [2.24, 2.45) is 11.7 Å². The van der Waals surface area contributed by atoms with Gasteiger partial charge in [0.1, 0.15) is 5.76 Å². The fraction of sp³-hybridized carbons (Fsp3) is 0.636. The van der Waals surface area contributed by atoms with Crippen LogP contribution < -0.4 is 5.73 Å². The van der Waals surface area contributed by atoms with Gasteiger partial charge in [0.15, 0.2) is 0 Å². The van der Waals surface area contributed by atoms with E-state index in [2.05, 4.69) is 6.92 Å². The van der Waals surface area contributed by atoms with Crippen LogP contribution in [-0.2, 0) is 16.6 Å². The quantitative estimate of drug-likeness (QED) is 0.879. The van der Waals surface area contributed by atoms with E-state index in [1.165, 1.54) is 10.4 Å². The Morgan fingerprint density at radius 3 is 2.82 bits per heavy atom. The van der Waals surface area contributed by atoms with Crippen LogP contribution in [0.5, 0.6) is 0 Å². The zero-order valence-corrected chi connectivity index (χ0v) is 10.7. The second kappa shape index (κ2) is 4.80. The van der Waals surface area contributed by atoms with Crippen LogP contribution in [0.1, 0.15) is 25.5 Å². The highest BCUT2D eigenvalue weighted by atomic mass is 32.2. The highest BCUT2D eigenvalue weighted by Gasteiger charge is 2.33. The predicted molar refractivity (Wildman–Crippen MR) is 63.8 cm³/mol. The molecule has 1 saturated heterocycles. The minimum absolute atomic E-state index is 0.00898. The lowest BCUT2D eigenvalue weighted by atomic mass is 10.1. The monoisotopic (exact) mass is 258 g/mol. The average molecular weight is 258 g/mol. The largest absolute Gasteiger partial charge is 0.447 e. The molecule has 0 radical (unpaired) electrons. The third-order valence-corrected chi connectivity index (χ3v) is 5.00. The first kappa shape index (κ1) is 12.6. The number of rotatable bonds is 4. The van der Waals surface area contributed by atoms with Gasteiger partial charge in [-0.3, -0.25) is 0 Å². The van der Waals surface area contributed by atoms with Gasteiger partial charge in [-0.1, -0.05) is 13.3 Å². The summed E-state index contributed by atoms with van der Waals surface area (Å²) < 4.78 is 31.2. The minimum atomic E-state index is -3.46. The fourth-order valence-electron chi connectivity index (χ4n) is 2.08. The van der Waals surface area contributed by atoms with E-state index in [1.807, 2.05) is 0 Å². The molecular formula is C11H18N2O3S. The lowest BCUT2D eigenvalue weighted by Crippen LogP contribution is -2.28. The standard InChI is InChI=1S/C11H18N2O3S/c1-2-9-5-6-13(8-9)17(14,15)11-4-3-10(7-12)16-11/h3-4,9H,2,5-8,12H2,1H3. The summed E-state index contributed by atoms with van der Waals surface area (Å²) in [6.45, 7) is 3.48.